The topological polar surface area (TPSA) is 72.6 Å². The van der Waals surface area contributed by atoms with Gasteiger partial charge >= 0.3 is 0 Å². The zero-order valence-electron chi connectivity index (χ0n) is 13.3. The fraction of sp³-hybridized carbons (Fsp3) is 0.875. The van der Waals surface area contributed by atoms with Crippen molar-refractivity contribution in [1.29, 1.82) is 0 Å². The van der Waals surface area contributed by atoms with Crippen LogP contribution in [0.3, 0.4) is 0 Å². The van der Waals surface area contributed by atoms with E-state index in [2.05, 4.69) is 0 Å². The van der Waals surface area contributed by atoms with Crippen LogP contribution in [0.25, 0.3) is 0 Å². The Labute approximate surface area is 127 Å². The third-order valence-electron chi connectivity index (χ3n) is 5.23. The van der Waals surface area contributed by atoms with Gasteiger partial charge in [-0.3, -0.25) is 14.5 Å². The van der Waals surface area contributed by atoms with Crippen LogP contribution in [0.2, 0.25) is 0 Å². The van der Waals surface area contributed by atoms with Crippen molar-refractivity contribution in [1.82, 2.24) is 4.90 Å². The Morgan fingerprint density at radius 3 is 2.33 bits per heavy atom. The summed E-state index contributed by atoms with van der Waals surface area (Å²) >= 11 is 0. The van der Waals surface area contributed by atoms with Crippen LogP contribution in [-0.2, 0) is 14.3 Å². The molecule has 1 heterocycles. The molecule has 0 aromatic rings. The highest BCUT2D eigenvalue weighted by Gasteiger charge is 2.48. The summed E-state index contributed by atoms with van der Waals surface area (Å²) in [5.41, 5.74) is 5.41. The highest BCUT2D eigenvalue weighted by molar-refractivity contribution is 6.05. The lowest BCUT2D eigenvalue weighted by atomic mass is 9.81. The first-order chi connectivity index (χ1) is 10.0. The van der Waals surface area contributed by atoms with Crippen LogP contribution < -0.4 is 5.73 Å². The first-order valence-corrected chi connectivity index (χ1v) is 8.24. The van der Waals surface area contributed by atoms with Gasteiger partial charge in [0.25, 0.3) is 0 Å². The second kappa shape index (κ2) is 6.88. The fourth-order valence-corrected chi connectivity index (χ4v) is 3.45. The van der Waals surface area contributed by atoms with Crippen LogP contribution >= 0.6 is 0 Å². The van der Waals surface area contributed by atoms with E-state index in [0.29, 0.717) is 25.6 Å². The molecule has 0 bridgehead atoms. The maximum absolute atomic E-state index is 12.5. The van der Waals surface area contributed by atoms with Gasteiger partial charge in [0.1, 0.15) is 0 Å². The van der Waals surface area contributed by atoms with E-state index < -0.39 is 5.41 Å². The standard InChI is InChI=1S/C16H28N2O3/c1-3-16(4-2)11-14(19)18(15(16)20)9-10-21-13-7-5-12(17)6-8-13/h12-13H,3-11,17H2,1-2H3. The number of hydrogen-bond acceptors (Lipinski definition) is 4. The van der Waals surface area contributed by atoms with E-state index >= 15 is 0 Å². The number of carbonyl (C=O) groups is 2. The SMILES string of the molecule is CCC1(CC)CC(=O)N(CCOC2CCC(N)CC2)C1=O. The van der Waals surface area contributed by atoms with E-state index in [1.807, 2.05) is 13.8 Å². The number of imide groups is 1. The third kappa shape index (κ3) is 3.46. The number of amides is 2. The molecule has 1 saturated carbocycles. The number of hydrogen-bond donors (Lipinski definition) is 1. The number of nitrogens with zero attached hydrogens (tertiary/aromatic N) is 1. The second-order valence-electron chi connectivity index (χ2n) is 6.42. The number of carbonyl (C=O) groups excluding carboxylic acids is 2. The average molecular weight is 296 g/mol. The van der Waals surface area contributed by atoms with Gasteiger partial charge in [-0.1, -0.05) is 13.8 Å². The lowest BCUT2D eigenvalue weighted by Crippen LogP contribution is -2.38. The molecule has 2 rings (SSSR count). The smallest absolute Gasteiger partial charge is 0.235 e. The average Bonchev–Trinajstić information content (AvgIpc) is 2.73. The maximum Gasteiger partial charge on any atom is 0.235 e. The van der Waals surface area contributed by atoms with Crippen LogP contribution in [0.5, 0.6) is 0 Å². The van der Waals surface area contributed by atoms with Crippen LogP contribution in [-0.4, -0.2) is 42.0 Å². The molecule has 2 amide bonds. The number of ether oxygens (including phenoxy) is 1. The largest absolute Gasteiger partial charge is 0.376 e. The quantitative estimate of drug-likeness (QED) is 0.759. The first-order valence-electron chi connectivity index (χ1n) is 8.24. The van der Waals surface area contributed by atoms with Crippen molar-refractivity contribution in [3.05, 3.63) is 0 Å². The molecular formula is C16H28N2O3. The molecule has 120 valence electrons. The molecule has 21 heavy (non-hydrogen) atoms. The molecule has 0 spiro atoms. The Morgan fingerprint density at radius 2 is 1.81 bits per heavy atom. The Morgan fingerprint density at radius 1 is 1.19 bits per heavy atom. The van der Waals surface area contributed by atoms with E-state index in [0.717, 1.165) is 38.5 Å². The summed E-state index contributed by atoms with van der Waals surface area (Å²) in [5, 5.41) is 0. The maximum atomic E-state index is 12.5. The molecule has 0 aromatic carbocycles. The molecular weight excluding hydrogens is 268 g/mol. The molecule has 2 N–H and O–H groups in total. The van der Waals surface area contributed by atoms with Crippen molar-refractivity contribution < 1.29 is 14.3 Å². The predicted molar refractivity (Wildman–Crippen MR) is 80.5 cm³/mol. The van der Waals surface area contributed by atoms with Gasteiger partial charge in [0.05, 0.1) is 24.7 Å². The number of likely N-dealkylation sites (tertiary alicyclic amines) is 1. The van der Waals surface area contributed by atoms with Crippen molar-refractivity contribution in [3.8, 4) is 0 Å². The van der Waals surface area contributed by atoms with E-state index in [4.69, 9.17) is 10.5 Å². The minimum Gasteiger partial charge on any atom is -0.376 e. The molecule has 0 atom stereocenters. The van der Waals surface area contributed by atoms with E-state index in [1.54, 1.807) is 0 Å². The van der Waals surface area contributed by atoms with Crippen LogP contribution in [0.4, 0.5) is 0 Å². The summed E-state index contributed by atoms with van der Waals surface area (Å²) in [5.74, 6) is -0.0512. The Hall–Kier alpha value is -0.940. The van der Waals surface area contributed by atoms with E-state index in [9.17, 15) is 9.59 Å². The summed E-state index contributed by atoms with van der Waals surface area (Å²) in [6, 6.07) is 0.307. The van der Waals surface area contributed by atoms with E-state index in [1.165, 1.54) is 4.90 Å². The van der Waals surface area contributed by atoms with Crippen LogP contribution in [0.1, 0.15) is 58.8 Å². The molecule has 2 fully saturated rings. The van der Waals surface area contributed by atoms with E-state index in [-0.39, 0.29) is 17.9 Å². The highest BCUT2D eigenvalue weighted by Crippen LogP contribution is 2.38. The van der Waals surface area contributed by atoms with Gasteiger partial charge in [0, 0.05) is 12.5 Å². The van der Waals surface area contributed by atoms with Crippen molar-refractivity contribution in [2.45, 2.75) is 70.9 Å². The van der Waals surface area contributed by atoms with Crippen molar-refractivity contribution in [2.24, 2.45) is 11.1 Å². The summed E-state index contributed by atoms with van der Waals surface area (Å²) < 4.78 is 5.82. The van der Waals surface area contributed by atoms with Crippen molar-refractivity contribution in [3.63, 3.8) is 0 Å². The van der Waals surface area contributed by atoms with Gasteiger partial charge in [0.2, 0.25) is 11.8 Å². The molecule has 1 aliphatic carbocycles. The van der Waals surface area contributed by atoms with Gasteiger partial charge in [-0.15, -0.1) is 0 Å². The molecule has 1 aliphatic heterocycles. The van der Waals surface area contributed by atoms with Gasteiger partial charge in [-0.2, -0.15) is 0 Å². The van der Waals surface area contributed by atoms with Gasteiger partial charge in [-0.25, -0.2) is 0 Å². The summed E-state index contributed by atoms with van der Waals surface area (Å²) in [4.78, 5) is 25.9. The minimum atomic E-state index is -0.464. The van der Waals surface area contributed by atoms with Crippen LogP contribution in [0.15, 0.2) is 0 Å². The predicted octanol–water partition coefficient (Wildman–Crippen LogP) is 1.84. The molecule has 5 heteroatoms. The molecule has 1 saturated heterocycles. The summed E-state index contributed by atoms with van der Waals surface area (Å²) in [6.07, 6.45) is 6.02. The lowest BCUT2D eigenvalue weighted by Gasteiger charge is -2.27. The molecule has 2 aliphatic rings. The molecule has 0 unspecified atom stereocenters. The number of nitrogens with two attached hydrogens (primary N) is 1. The van der Waals surface area contributed by atoms with Gasteiger partial charge < -0.3 is 10.5 Å². The fourth-order valence-electron chi connectivity index (χ4n) is 3.45. The second-order valence-corrected chi connectivity index (χ2v) is 6.42. The normalized spacial score (nSPS) is 29.2. The molecule has 5 nitrogen and oxygen atoms in total. The molecule has 0 aromatic heterocycles. The number of rotatable bonds is 6. The monoisotopic (exact) mass is 296 g/mol. The Bertz CT molecular complexity index is 385. The zero-order valence-corrected chi connectivity index (χ0v) is 13.3. The lowest BCUT2D eigenvalue weighted by molar-refractivity contribution is -0.142. The Balaban J connectivity index is 1.81. The first kappa shape index (κ1) is 16.4. The zero-order chi connectivity index (χ0) is 15.5. The molecule has 0 radical (unpaired) electrons. The van der Waals surface area contributed by atoms with Crippen molar-refractivity contribution in [2.75, 3.05) is 13.2 Å². The summed E-state index contributed by atoms with van der Waals surface area (Å²) in [6.45, 7) is 4.81. The minimum absolute atomic E-state index is 0.00762. The summed E-state index contributed by atoms with van der Waals surface area (Å²) in [7, 11) is 0. The van der Waals surface area contributed by atoms with Gasteiger partial charge in [0.15, 0.2) is 0 Å². The highest BCUT2D eigenvalue weighted by atomic mass is 16.5. The van der Waals surface area contributed by atoms with Crippen LogP contribution in [0, 0.1) is 5.41 Å². The van der Waals surface area contributed by atoms with Crippen molar-refractivity contribution >= 4 is 11.8 Å². The Kier molecular flexibility index (Phi) is 5.38. The third-order valence-corrected chi connectivity index (χ3v) is 5.23. The van der Waals surface area contributed by atoms with Gasteiger partial charge in [-0.05, 0) is 38.5 Å².